The molecule has 2 aromatic rings. The highest BCUT2D eigenvalue weighted by Gasteiger charge is 2.28. The van der Waals surface area contributed by atoms with Crippen LogP contribution in [0.2, 0.25) is 0 Å². The lowest BCUT2D eigenvalue weighted by molar-refractivity contribution is -0.129. The fraction of sp³-hybridized carbons (Fsp3) is 0.333. The quantitative estimate of drug-likeness (QED) is 0.857. The summed E-state index contributed by atoms with van der Waals surface area (Å²) in [6, 6.07) is 3.92. The topological polar surface area (TPSA) is 79.1 Å². The SMILES string of the molecule is N#Cc1nccnc1OC1CCN(C(=O)Cc2ccsc2)C1. The zero-order valence-corrected chi connectivity index (χ0v) is 12.6. The average Bonchev–Trinajstić information content (AvgIpc) is 3.19. The average molecular weight is 314 g/mol. The van der Waals surface area contributed by atoms with Crippen molar-refractivity contribution in [3.8, 4) is 11.9 Å². The second kappa shape index (κ2) is 6.54. The Bertz CT molecular complexity index is 696. The summed E-state index contributed by atoms with van der Waals surface area (Å²) < 4.78 is 5.73. The number of aromatic nitrogens is 2. The molecule has 0 bridgehead atoms. The minimum absolute atomic E-state index is 0.101. The third-order valence-corrected chi connectivity index (χ3v) is 4.21. The van der Waals surface area contributed by atoms with Gasteiger partial charge >= 0.3 is 0 Å². The summed E-state index contributed by atoms with van der Waals surface area (Å²) in [5.41, 5.74) is 1.21. The molecule has 0 aromatic carbocycles. The molecule has 1 amide bonds. The predicted molar refractivity (Wildman–Crippen MR) is 80.4 cm³/mol. The standard InChI is InChI=1S/C15H14N4O2S/c16-8-13-15(18-4-3-17-13)21-12-1-5-19(9-12)14(20)7-11-2-6-22-10-11/h2-4,6,10,12H,1,5,7,9H2. The highest BCUT2D eigenvalue weighted by atomic mass is 32.1. The van der Waals surface area contributed by atoms with E-state index in [0.717, 1.165) is 12.0 Å². The highest BCUT2D eigenvalue weighted by Crippen LogP contribution is 2.19. The Kier molecular flexibility index (Phi) is 4.30. The van der Waals surface area contributed by atoms with Crippen LogP contribution in [0, 0.1) is 11.3 Å². The fourth-order valence-electron chi connectivity index (χ4n) is 2.38. The molecule has 1 fully saturated rings. The molecule has 0 radical (unpaired) electrons. The first-order chi connectivity index (χ1) is 10.8. The number of rotatable bonds is 4. The Labute approximate surface area is 132 Å². The van der Waals surface area contributed by atoms with Crippen molar-refractivity contribution in [2.45, 2.75) is 18.9 Å². The number of amides is 1. The van der Waals surface area contributed by atoms with E-state index in [9.17, 15) is 4.79 Å². The van der Waals surface area contributed by atoms with Crippen LogP contribution in [0.1, 0.15) is 17.7 Å². The van der Waals surface area contributed by atoms with E-state index in [-0.39, 0.29) is 23.6 Å². The molecule has 112 valence electrons. The highest BCUT2D eigenvalue weighted by molar-refractivity contribution is 7.07. The smallest absolute Gasteiger partial charge is 0.251 e. The van der Waals surface area contributed by atoms with E-state index in [1.54, 1.807) is 16.2 Å². The van der Waals surface area contributed by atoms with Gasteiger partial charge in [0.25, 0.3) is 5.88 Å². The lowest BCUT2D eigenvalue weighted by atomic mass is 10.2. The molecular weight excluding hydrogens is 300 g/mol. The number of hydrogen-bond acceptors (Lipinski definition) is 6. The number of hydrogen-bond donors (Lipinski definition) is 0. The summed E-state index contributed by atoms with van der Waals surface area (Å²) in [4.78, 5) is 22.0. The molecule has 1 atom stereocenters. The van der Waals surface area contributed by atoms with Crippen molar-refractivity contribution in [3.05, 3.63) is 40.5 Å². The second-order valence-electron chi connectivity index (χ2n) is 5.00. The van der Waals surface area contributed by atoms with E-state index in [4.69, 9.17) is 10.00 Å². The number of nitrogens with zero attached hydrogens (tertiary/aromatic N) is 4. The first-order valence-corrected chi connectivity index (χ1v) is 7.87. The van der Waals surface area contributed by atoms with E-state index in [2.05, 4.69) is 9.97 Å². The molecule has 1 unspecified atom stereocenters. The first-order valence-electron chi connectivity index (χ1n) is 6.93. The molecule has 3 rings (SSSR count). The van der Waals surface area contributed by atoms with Gasteiger partial charge < -0.3 is 9.64 Å². The van der Waals surface area contributed by atoms with Crippen LogP contribution in [0.25, 0.3) is 0 Å². The van der Waals surface area contributed by atoms with Gasteiger partial charge in [0.15, 0.2) is 0 Å². The van der Waals surface area contributed by atoms with Crippen molar-refractivity contribution in [2.75, 3.05) is 13.1 Å². The molecule has 1 aliphatic rings. The summed E-state index contributed by atoms with van der Waals surface area (Å²) in [5.74, 6) is 0.339. The third-order valence-electron chi connectivity index (χ3n) is 3.48. The molecule has 1 saturated heterocycles. The Morgan fingerprint density at radius 1 is 1.50 bits per heavy atom. The number of nitriles is 1. The molecule has 1 aliphatic heterocycles. The van der Waals surface area contributed by atoms with Crippen LogP contribution in [0.15, 0.2) is 29.2 Å². The van der Waals surface area contributed by atoms with E-state index in [0.29, 0.717) is 19.5 Å². The monoisotopic (exact) mass is 314 g/mol. The minimum atomic E-state index is -0.143. The normalized spacial score (nSPS) is 17.2. The van der Waals surface area contributed by atoms with Crippen molar-refractivity contribution in [1.82, 2.24) is 14.9 Å². The lowest BCUT2D eigenvalue weighted by Crippen LogP contribution is -2.32. The van der Waals surface area contributed by atoms with E-state index in [1.807, 2.05) is 22.9 Å². The first kappa shape index (κ1) is 14.5. The van der Waals surface area contributed by atoms with Gasteiger partial charge in [0, 0.05) is 25.4 Å². The van der Waals surface area contributed by atoms with Crippen LogP contribution in [-0.2, 0) is 11.2 Å². The van der Waals surface area contributed by atoms with Crippen molar-refractivity contribution < 1.29 is 9.53 Å². The summed E-state index contributed by atoms with van der Waals surface area (Å²) in [5, 5.41) is 12.9. The summed E-state index contributed by atoms with van der Waals surface area (Å²) in [6.07, 6.45) is 3.96. The number of thiophene rings is 1. The minimum Gasteiger partial charge on any atom is -0.470 e. The number of ether oxygens (including phenoxy) is 1. The van der Waals surface area contributed by atoms with Crippen LogP contribution >= 0.6 is 11.3 Å². The van der Waals surface area contributed by atoms with Gasteiger partial charge in [-0.1, -0.05) is 0 Å². The Morgan fingerprint density at radius 2 is 2.36 bits per heavy atom. The molecule has 0 N–H and O–H groups in total. The molecule has 2 aromatic heterocycles. The molecule has 6 nitrogen and oxygen atoms in total. The van der Waals surface area contributed by atoms with Gasteiger partial charge in [-0.3, -0.25) is 4.79 Å². The summed E-state index contributed by atoms with van der Waals surface area (Å²) >= 11 is 1.59. The van der Waals surface area contributed by atoms with Gasteiger partial charge in [-0.05, 0) is 22.4 Å². The number of carbonyl (C=O) groups is 1. The Balaban J connectivity index is 1.58. The molecular formula is C15H14N4O2S. The van der Waals surface area contributed by atoms with Crippen LogP contribution in [0.3, 0.4) is 0 Å². The fourth-order valence-corrected chi connectivity index (χ4v) is 3.05. The zero-order valence-electron chi connectivity index (χ0n) is 11.8. The van der Waals surface area contributed by atoms with Crippen molar-refractivity contribution in [3.63, 3.8) is 0 Å². The van der Waals surface area contributed by atoms with Gasteiger partial charge in [0.2, 0.25) is 11.6 Å². The summed E-state index contributed by atoms with van der Waals surface area (Å²) in [7, 11) is 0. The maximum atomic E-state index is 12.2. The van der Waals surface area contributed by atoms with Crippen LogP contribution in [-0.4, -0.2) is 40.0 Å². The Hall–Kier alpha value is -2.46. The van der Waals surface area contributed by atoms with E-state index in [1.165, 1.54) is 12.4 Å². The van der Waals surface area contributed by atoms with Gasteiger partial charge in [0.05, 0.1) is 13.0 Å². The molecule has 0 saturated carbocycles. The van der Waals surface area contributed by atoms with E-state index >= 15 is 0 Å². The number of likely N-dealkylation sites (tertiary alicyclic amines) is 1. The Morgan fingerprint density at radius 3 is 3.14 bits per heavy atom. The summed E-state index contributed by atoms with van der Waals surface area (Å²) in [6.45, 7) is 1.18. The second-order valence-corrected chi connectivity index (χ2v) is 5.78. The maximum Gasteiger partial charge on any atom is 0.251 e. The molecule has 3 heterocycles. The van der Waals surface area contributed by atoms with Gasteiger partial charge in [-0.15, -0.1) is 0 Å². The lowest BCUT2D eigenvalue weighted by Gasteiger charge is -2.16. The van der Waals surface area contributed by atoms with Gasteiger partial charge in [0.1, 0.15) is 12.2 Å². The van der Waals surface area contributed by atoms with Crippen molar-refractivity contribution in [1.29, 1.82) is 5.26 Å². The number of carbonyl (C=O) groups excluding carboxylic acids is 1. The van der Waals surface area contributed by atoms with Crippen LogP contribution < -0.4 is 4.74 Å². The van der Waals surface area contributed by atoms with Crippen LogP contribution in [0.4, 0.5) is 0 Å². The predicted octanol–water partition coefficient (Wildman–Crippen LogP) is 1.63. The third kappa shape index (κ3) is 3.23. The van der Waals surface area contributed by atoms with Crippen molar-refractivity contribution in [2.24, 2.45) is 0 Å². The molecule has 22 heavy (non-hydrogen) atoms. The van der Waals surface area contributed by atoms with Gasteiger partial charge in [-0.25, -0.2) is 9.97 Å². The zero-order chi connectivity index (χ0) is 15.4. The van der Waals surface area contributed by atoms with Gasteiger partial charge in [-0.2, -0.15) is 16.6 Å². The maximum absolute atomic E-state index is 12.2. The molecule has 0 spiro atoms. The molecule has 7 heteroatoms. The largest absolute Gasteiger partial charge is 0.470 e. The van der Waals surface area contributed by atoms with Crippen LogP contribution in [0.5, 0.6) is 5.88 Å². The van der Waals surface area contributed by atoms with Crippen molar-refractivity contribution >= 4 is 17.2 Å². The van der Waals surface area contributed by atoms with E-state index < -0.39 is 0 Å². The molecule has 0 aliphatic carbocycles.